The zero-order valence-corrected chi connectivity index (χ0v) is 12.1. The molecule has 0 spiro atoms. The monoisotopic (exact) mass is 273 g/mol. The Hall–Kier alpha value is -1.87. The molecule has 0 radical (unpaired) electrons. The third-order valence-electron chi connectivity index (χ3n) is 3.24. The first-order valence-electron chi connectivity index (χ1n) is 6.75. The van der Waals surface area contributed by atoms with Crippen molar-refractivity contribution < 1.29 is 9.13 Å². The van der Waals surface area contributed by atoms with Crippen molar-refractivity contribution in [3.05, 3.63) is 58.9 Å². The van der Waals surface area contributed by atoms with Gasteiger partial charge in [0, 0.05) is 6.04 Å². The van der Waals surface area contributed by atoms with Crippen LogP contribution in [0, 0.1) is 19.7 Å². The van der Waals surface area contributed by atoms with Crippen LogP contribution in [0.4, 0.5) is 4.39 Å². The third-order valence-corrected chi connectivity index (χ3v) is 3.24. The van der Waals surface area contributed by atoms with E-state index in [0.29, 0.717) is 11.3 Å². The summed E-state index contributed by atoms with van der Waals surface area (Å²) in [5, 5.41) is 0. The van der Waals surface area contributed by atoms with Crippen molar-refractivity contribution in [3.8, 4) is 11.5 Å². The minimum atomic E-state index is -0.315. The van der Waals surface area contributed by atoms with Gasteiger partial charge in [0.05, 0.1) is 0 Å². The minimum absolute atomic E-state index is 0.120. The molecule has 2 aromatic carbocycles. The van der Waals surface area contributed by atoms with Gasteiger partial charge in [-0.15, -0.1) is 0 Å². The molecule has 1 atom stereocenters. The molecule has 2 aromatic rings. The average Bonchev–Trinajstić information content (AvgIpc) is 2.38. The molecular weight excluding hydrogens is 253 g/mol. The maximum absolute atomic E-state index is 13.9. The topological polar surface area (TPSA) is 35.2 Å². The Morgan fingerprint density at radius 3 is 2.55 bits per heavy atom. The van der Waals surface area contributed by atoms with Gasteiger partial charge in [0.25, 0.3) is 0 Å². The fourth-order valence-electron chi connectivity index (χ4n) is 2.13. The van der Waals surface area contributed by atoms with Gasteiger partial charge in [0.15, 0.2) is 11.6 Å². The fourth-order valence-corrected chi connectivity index (χ4v) is 2.13. The first-order chi connectivity index (χ1) is 9.47. The average molecular weight is 273 g/mol. The smallest absolute Gasteiger partial charge is 0.168 e. The van der Waals surface area contributed by atoms with Gasteiger partial charge >= 0.3 is 0 Å². The molecule has 0 aromatic heterocycles. The quantitative estimate of drug-likeness (QED) is 0.909. The van der Waals surface area contributed by atoms with E-state index in [9.17, 15) is 4.39 Å². The van der Waals surface area contributed by atoms with E-state index in [2.05, 4.69) is 0 Å². The Morgan fingerprint density at radius 2 is 1.90 bits per heavy atom. The summed E-state index contributed by atoms with van der Waals surface area (Å²) < 4.78 is 19.5. The molecule has 2 rings (SSSR count). The highest BCUT2D eigenvalue weighted by molar-refractivity contribution is 5.39. The predicted octanol–water partition coefficient (Wildman–Crippen LogP) is 4.12. The number of hydrogen-bond donors (Lipinski definition) is 1. The lowest BCUT2D eigenvalue weighted by Crippen LogP contribution is -2.18. The summed E-state index contributed by atoms with van der Waals surface area (Å²) in [5.74, 6) is 0.578. The zero-order chi connectivity index (χ0) is 14.7. The van der Waals surface area contributed by atoms with Crippen molar-refractivity contribution in [1.29, 1.82) is 0 Å². The van der Waals surface area contributed by atoms with Crippen LogP contribution in [0.3, 0.4) is 0 Å². The van der Waals surface area contributed by atoms with Gasteiger partial charge in [0.2, 0.25) is 0 Å². The third kappa shape index (κ3) is 3.36. The molecule has 0 aliphatic carbocycles. The van der Waals surface area contributed by atoms with Crippen molar-refractivity contribution in [3.63, 3.8) is 0 Å². The lowest BCUT2D eigenvalue weighted by molar-refractivity contribution is 0.439. The molecule has 0 aliphatic rings. The highest BCUT2D eigenvalue weighted by atomic mass is 19.1. The molecule has 0 fully saturated rings. The summed E-state index contributed by atoms with van der Waals surface area (Å²) in [6, 6.07) is 11.0. The van der Waals surface area contributed by atoms with Crippen LogP contribution in [0.1, 0.15) is 23.6 Å². The first kappa shape index (κ1) is 14.5. The summed E-state index contributed by atoms with van der Waals surface area (Å²) in [6.07, 6.45) is 0.824. The van der Waals surface area contributed by atoms with E-state index in [1.54, 1.807) is 25.1 Å². The molecule has 0 saturated heterocycles. The molecule has 0 aliphatic heterocycles. The molecule has 0 saturated carbocycles. The van der Waals surface area contributed by atoms with Gasteiger partial charge in [0.1, 0.15) is 5.75 Å². The SMILES string of the molecule is Cc1cc(Oc2cccc(C)c2F)ccc1CC(C)N. The van der Waals surface area contributed by atoms with E-state index in [-0.39, 0.29) is 17.6 Å². The maximum Gasteiger partial charge on any atom is 0.168 e. The normalized spacial score (nSPS) is 12.2. The molecular formula is C17H20FNO. The minimum Gasteiger partial charge on any atom is -0.454 e. The van der Waals surface area contributed by atoms with Gasteiger partial charge in [-0.05, 0) is 62.1 Å². The fraction of sp³-hybridized carbons (Fsp3) is 0.294. The van der Waals surface area contributed by atoms with Crippen molar-refractivity contribution in [2.24, 2.45) is 5.73 Å². The molecule has 3 heteroatoms. The van der Waals surface area contributed by atoms with Gasteiger partial charge in [-0.2, -0.15) is 0 Å². The van der Waals surface area contributed by atoms with Gasteiger partial charge < -0.3 is 10.5 Å². The highest BCUT2D eigenvalue weighted by Gasteiger charge is 2.08. The number of aryl methyl sites for hydroxylation is 2. The van der Waals surface area contributed by atoms with Gasteiger partial charge in [-0.25, -0.2) is 4.39 Å². The number of nitrogens with two attached hydrogens (primary N) is 1. The lowest BCUT2D eigenvalue weighted by Gasteiger charge is -2.12. The van der Waals surface area contributed by atoms with Crippen LogP contribution in [0.5, 0.6) is 11.5 Å². The van der Waals surface area contributed by atoms with Crippen LogP contribution in [-0.2, 0) is 6.42 Å². The van der Waals surface area contributed by atoms with Crippen LogP contribution in [0.15, 0.2) is 36.4 Å². The Balaban J connectivity index is 2.22. The summed E-state index contributed by atoms with van der Waals surface area (Å²) in [4.78, 5) is 0. The number of hydrogen-bond acceptors (Lipinski definition) is 2. The largest absolute Gasteiger partial charge is 0.454 e. The van der Waals surface area contributed by atoms with Crippen LogP contribution in [-0.4, -0.2) is 6.04 Å². The van der Waals surface area contributed by atoms with Crippen LogP contribution in [0.2, 0.25) is 0 Å². The second-order valence-electron chi connectivity index (χ2n) is 5.26. The van der Waals surface area contributed by atoms with Gasteiger partial charge in [-0.1, -0.05) is 18.2 Å². The van der Waals surface area contributed by atoms with E-state index in [0.717, 1.165) is 12.0 Å². The van der Waals surface area contributed by atoms with Crippen LogP contribution in [0.25, 0.3) is 0 Å². The van der Waals surface area contributed by atoms with Crippen molar-refractivity contribution >= 4 is 0 Å². The molecule has 106 valence electrons. The number of benzene rings is 2. The zero-order valence-electron chi connectivity index (χ0n) is 12.1. The number of halogens is 1. The Kier molecular flexibility index (Phi) is 4.40. The number of rotatable bonds is 4. The second kappa shape index (κ2) is 6.06. The summed E-state index contributed by atoms with van der Waals surface area (Å²) in [5.41, 5.74) is 8.68. The van der Waals surface area contributed by atoms with Crippen molar-refractivity contribution in [2.75, 3.05) is 0 Å². The van der Waals surface area contributed by atoms with Crippen LogP contribution >= 0.6 is 0 Å². The molecule has 0 amide bonds. The van der Waals surface area contributed by atoms with E-state index in [4.69, 9.17) is 10.5 Å². The molecule has 2 nitrogen and oxygen atoms in total. The van der Waals surface area contributed by atoms with E-state index < -0.39 is 0 Å². The lowest BCUT2D eigenvalue weighted by atomic mass is 10.0. The number of ether oxygens (including phenoxy) is 1. The molecule has 0 heterocycles. The molecule has 1 unspecified atom stereocenters. The Labute approximate surface area is 119 Å². The predicted molar refractivity (Wildman–Crippen MR) is 79.7 cm³/mol. The van der Waals surface area contributed by atoms with Crippen molar-refractivity contribution in [2.45, 2.75) is 33.2 Å². The summed E-state index contributed by atoms with van der Waals surface area (Å²) in [6.45, 7) is 5.71. The second-order valence-corrected chi connectivity index (χ2v) is 5.26. The Morgan fingerprint density at radius 1 is 1.15 bits per heavy atom. The first-order valence-corrected chi connectivity index (χ1v) is 6.75. The standard InChI is InChI=1S/C17H20FNO/c1-11-5-4-6-16(17(11)18)20-15-8-7-14(10-13(3)19)12(2)9-15/h4-9,13H,10,19H2,1-3H3. The van der Waals surface area contributed by atoms with E-state index >= 15 is 0 Å². The van der Waals surface area contributed by atoms with Crippen LogP contribution < -0.4 is 10.5 Å². The van der Waals surface area contributed by atoms with Gasteiger partial charge in [-0.3, -0.25) is 0 Å². The summed E-state index contributed by atoms with van der Waals surface area (Å²) >= 11 is 0. The maximum atomic E-state index is 13.9. The van der Waals surface area contributed by atoms with Crippen molar-refractivity contribution in [1.82, 2.24) is 0 Å². The highest BCUT2D eigenvalue weighted by Crippen LogP contribution is 2.27. The molecule has 2 N–H and O–H groups in total. The Bertz CT molecular complexity index is 608. The molecule has 0 bridgehead atoms. The summed E-state index contributed by atoms with van der Waals surface area (Å²) in [7, 11) is 0. The van der Waals surface area contributed by atoms with E-state index in [1.165, 1.54) is 5.56 Å². The molecule has 20 heavy (non-hydrogen) atoms. The van der Waals surface area contributed by atoms with E-state index in [1.807, 2.05) is 32.0 Å².